The first-order valence-corrected chi connectivity index (χ1v) is 6.78. The van der Waals surface area contributed by atoms with Crippen LogP contribution in [0.2, 0.25) is 10.0 Å². The molecule has 0 atom stereocenters. The van der Waals surface area contributed by atoms with Crippen LogP contribution >= 0.6 is 23.2 Å². The second-order valence-electron chi connectivity index (χ2n) is 3.88. The molecule has 1 aromatic rings. The van der Waals surface area contributed by atoms with Gasteiger partial charge in [0.15, 0.2) is 0 Å². The van der Waals surface area contributed by atoms with Gasteiger partial charge in [-0.15, -0.1) is 0 Å². The summed E-state index contributed by atoms with van der Waals surface area (Å²) in [6.45, 7) is 4.28. The van der Waals surface area contributed by atoms with E-state index in [9.17, 15) is 4.79 Å². The fourth-order valence-electron chi connectivity index (χ4n) is 1.75. The second-order valence-corrected chi connectivity index (χ2v) is 4.72. The number of carboxylic acids is 1. The number of benzene rings is 1. The van der Waals surface area contributed by atoms with Crippen molar-refractivity contribution in [2.24, 2.45) is 0 Å². The highest BCUT2D eigenvalue weighted by molar-refractivity contribution is 6.36. The first-order chi connectivity index (χ1) is 8.99. The van der Waals surface area contributed by atoms with Crippen LogP contribution in [0.4, 0.5) is 0 Å². The highest BCUT2D eigenvalue weighted by Crippen LogP contribution is 2.37. The maximum atomic E-state index is 10.7. The number of carbonyl (C=O) groups is 1. The van der Waals surface area contributed by atoms with Gasteiger partial charge in [0.1, 0.15) is 5.75 Å². The molecule has 0 saturated carbocycles. The molecule has 0 radical (unpaired) electrons. The van der Waals surface area contributed by atoms with Crippen molar-refractivity contribution in [2.45, 2.75) is 26.7 Å². The first kappa shape index (κ1) is 15.9. The largest absolute Gasteiger partial charge is 0.492 e. The molecule has 0 fully saturated rings. The number of hydrogen-bond donors (Lipinski definition) is 1. The maximum absolute atomic E-state index is 10.7. The predicted molar refractivity (Wildman–Crippen MR) is 78.2 cm³/mol. The molecule has 0 aromatic heterocycles. The van der Waals surface area contributed by atoms with Crippen molar-refractivity contribution in [3.8, 4) is 5.75 Å². The molecule has 0 unspecified atom stereocenters. The van der Waals surface area contributed by atoms with E-state index in [2.05, 4.69) is 0 Å². The van der Waals surface area contributed by atoms with E-state index in [1.165, 1.54) is 0 Å². The second kappa shape index (κ2) is 7.41. The van der Waals surface area contributed by atoms with E-state index < -0.39 is 5.97 Å². The molecule has 3 nitrogen and oxygen atoms in total. The van der Waals surface area contributed by atoms with Gasteiger partial charge in [-0.05, 0) is 31.1 Å². The van der Waals surface area contributed by atoms with E-state index in [1.807, 2.05) is 13.8 Å². The minimum Gasteiger partial charge on any atom is -0.492 e. The lowest BCUT2D eigenvalue weighted by Crippen LogP contribution is -1.98. The van der Waals surface area contributed by atoms with Crippen LogP contribution in [-0.2, 0) is 4.79 Å². The topological polar surface area (TPSA) is 46.5 Å². The van der Waals surface area contributed by atoms with Crippen molar-refractivity contribution in [3.05, 3.63) is 33.8 Å². The Morgan fingerprint density at radius 3 is 2.58 bits per heavy atom. The summed E-state index contributed by atoms with van der Waals surface area (Å²) in [5, 5.41) is 9.69. The van der Waals surface area contributed by atoms with Gasteiger partial charge in [0, 0.05) is 10.6 Å². The fraction of sp³-hybridized carbons (Fsp3) is 0.357. The molecular formula is C14H16Cl2O3. The normalized spacial score (nSPS) is 11.5. The summed E-state index contributed by atoms with van der Waals surface area (Å²) < 4.78 is 5.53. The molecule has 19 heavy (non-hydrogen) atoms. The average molecular weight is 303 g/mol. The third kappa shape index (κ3) is 4.44. The third-order valence-corrected chi connectivity index (χ3v) is 3.05. The Balaban J connectivity index is 3.28. The van der Waals surface area contributed by atoms with Gasteiger partial charge in [0.25, 0.3) is 0 Å². The van der Waals surface area contributed by atoms with Crippen LogP contribution in [0, 0.1) is 0 Å². The minimum absolute atomic E-state index is 0.0428. The van der Waals surface area contributed by atoms with Gasteiger partial charge in [-0.3, -0.25) is 4.79 Å². The standard InChI is InChI=1S/C14H16Cl2O3/c1-3-9(5-6-13(17)18)11-7-10(15)8-12(16)14(11)19-4-2/h5,7-8H,3-4,6H2,1-2H3,(H,17,18)/b9-5+. The molecule has 0 aliphatic carbocycles. The van der Waals surface area contributed by atoms with Crippen LogP contribution in [0.15, 0.2) is 18.2 Å². The predicted octanol–water partition coefficient (Wildman–Crippen LogP) is 4.66. The lowest BCUT2D eigenvalue weighted by atomic mass is 10.0. The Morgan fingerprint density at radius 1 is 1.37 bits per heavy atom. The smallest absolute Gasteiger partial charge is 0.307 e. The third-order valence-electron chi connectivity index (χ3n) is 2.55. The first-order valence-electron chi connectivity index (χ1n) is 6.02. The molecule has 0 aliphatic heterocycles. The Hall–Kier alpha value is -1.19. The summed E-state index contributed by atoms with van der Waals surface area (Å²) in [7, 11) is 0. The number of allylic oxidation sites excluding steroid dienone is 1. The molecule has 5 heteroatoms. The number of rotatable bonds is 6. The van der Waals surface area contributed by atoms with Crippen molar-refractivity contribution < 1.29 is 14.6 Å². The van der Waals surface area contributed by atoms with Crippen LogP contribution in [0.1, 0.15) is 32.3 Å². The quantitative estimate of drug-likeness (QED) is 0.831. The number of hydrogen-bond acceptors (Lipinski definition) is 2. The molecule has 0 saturated heterocycles. The lowest BCUT2D eigenvalue weighted by Gasteiger charge is -2.14. The number of aliphatic carboxylic acids is 1. The SMILES string of the molecule is CCOc1c(Cl)cc(Cl)cc1/C(=C/CC(=O)O)CC. The van der Waals surface area contributed by atoms with Crippen LogP contribution in [0.5, 0.6) is 5.75 Å². The van der Waals surface area contributed by atoms with Gasteiger partial charge >= 0.3 is 5.97 Å². The van der Waals surface area contributed by atoms with Crippen LogP contribution in [0.3, 0.4) is 0 Å². The number of carboxylic acid groups (broad SMARTS) is 1. The molecule has 104 valence electrons. The number of halogens is 2. The van der Waals surface area contributed by atoms with E-state index in [1.54, 1.807) is 18.2 Å². The fourth-order valence-corrected chi connectivity index (χ4v) is 2.29. The Kier molecular flexibility index (Phi) is 6.19. The summed E-state index contributed by atoms with van der Waals surface area (Å²) >= 11 is 12.1. The Bertz CT molecular complexity index is 496. The van der Waals surface area contributed by atoms with Crippen molar-refractivity contribution in [1.82, 2.24) is 0 Å². The molecule has 0 bridgehead atoms. The van der Waals surface area contributed by atoms with Crippen LogP contribution < -0.4 is 4.74 Å². The molecule has 0 aliphatic rings. The van der Waals surface area contributed by atoms with Gasteiger partial charge in [0.05, 0.1) is 18.1 Å². The van der Waals surface area contributed by atoms with Gasteiger partial charge < -0.3 is 9.84 Å². The van der Waals surface area contributed by atoms with E-state index in [4.69, 9.17) is 33.0 Å². The van der Waals surface area contributed by atoms with E-state index >= 15 is 0 Å². The zero-order valence-corrected chi connectivity index (χ0v) is 12.4. The summed E-state index contributed by atoms with van der Waals surface area (Å²) in [5.41, 5.74) is 1.61. The van der Waals surface area contributed by atoms with Crippen molar-refractivity contribution in [2.75, 3.05) is 6.61 Å². The van der Waals surface area contributed by atoms with Gasteiger partial charge in [-0.1, -0.05) is 36.2 Å². The molecule has 0 heterocycles. The highest BCUT2D eigenvalue weighted by atomic mass is 35.5. The molecule has 1 aromatic carbocycles. The monoisotopic (exact) mass is 302 g/mol. The Labute approximate surface area is 122 Å². The zero-order valence-electron chi connectivity index (χ0n) is 10.9. The summed E-state index contributed by atoms with van der Waals surface area (Å²) in [5.74, 6) is -0.330. The van der Waals surface area contributed by atoms with Crippen molar-refractivity contribution >= 4 is 34.7 Å². The number of ether oxygens (including phenoxy) is 1. The van der Waals surface area contributed by atoms with Crippen LogP contribution in [0.25, 0.3) is 5.57 Å². The highest BCUT2D eigenvalue weighted by Gasteiger charge is 2.13. The van der Waals surface area contributed by atoms with E-state index in [0.717, 1.165) is 11.1 Å². The maximum Gasteiger partial charge on any atom is 0.307 e. The average Bonchev–Trinajstić information content (AvgIpc) is 2.33. The summed E-state index contributed by atoms with van der Waals surface area (Å²) in [6.07, 6.45) is 2.29. The lowest BCUT2D eigenvalue weighted by molar-refractivity contribution is -0.135. The molecular weight excluding hydrogens is 287 g/mol. The minimum atomic E-state index is -0.878. The molecule has 0 spiro atoms. The summed E-state index contributed by atoms with van der Waals surface area (Å²) in [4.78, 5) is 10.7. The van der Waals surface area contributed by atoms with E-state index in [-0.39, 0.29) is 6.42 Å². The van der Waals surface area contributed by atoms with Crippen molar-refractivity contribution in [3.63, 3.8) is 0 Å². The van der Waals surface area contributed by atoms with E-state index in [0.29, 0.717) is 28.8 Å². The van der Waals surface area contributed by atoms with Gasteiger partial charge in [-0.2, -0.15) is 0 Å². The zero-order chi connectivity index (χ0) is 14.4. The molecule has 0 amide bonds. The van der Waals surface area contributed by atoms with Crippen LogP contribution in [-0.4, -0.2) is 17.7 Å². The molecule has 1 N–H and O–H groups in total. The Morgan fingerprint density at radius 2 is 2.05 bits per heavy atom. The summed E-state index contributed by atoms with van der Waals surface area (Å²) in [6, 6.07) is 3.36. The van der Waals surface area contributed by atoms with Gasteiger partial charge in [-0.25, -0.2) is 0 Å². The molecule has 1 rings (SSSR count). The van der Waals surface area contributed by atoms with Crippen molar-refractivity contribution in [1.29, 1.82) is 0 Å². The van der Waals surface area contributed by atoms with Gasteiger partial charge in [0.2, 0.25) is 0 Å².